The smallest absolute Gasteiger partial charge is 0.350 e. The summed E-state index contributed by atoms with van der Waals surface area (Å²) >= 11 is 8.19. The SMILES string of the molecule is C=CC(=O)N1CCN(c2nc(=O)n3c4c(c(-c5ccc(F)cc5F)c(Cl)cc24)SCC3)C[C@H]1C. The molecule has 1 atom stereocenters. The Kier molecular flexibility index (Phi) is 5.85. The minimum Gasteiger partial charge on any atom is -0.352 e. The molecule has 1 aromatic heterocycles. The van der Waals surface area contributed by atoms with Gasteiger partial charge in [0.2, 0.25) is 5.91 Å². The highest BCUT2D eigenvalue weighted by atomic mass is 35.5. The Morgan fingerprint density at radius 3 is 2.76 bits per heavy atom. The second-order valence-corrected chi connectivity index (χ2v) is 9.84. The predicted molar refractivity (Wildman–Crippen MR) is 131 cm³/mol. The highest BCUT2D eigenvalue weighted by molar-refractivity contribution is 7.99. The second kappa shape index (κ2) is 8.70. The highest BCUT2D eigenvalue weighted by Crippen LogP contribution is 2.46. The van der Waals surface area contributed by atoms with Crippen LogP contribution in [0.3, 0.4) is 0 Å². The molecule has 0 aliphatic carbocycles. The lowest BCUT2D eigenvalue weighted by molar-refractivity contribution is -0.128. The number of piperazine rings is 1. The average Bonchev–Trinajstić information content (AvgIpc) is 2.81. The van der Waals surface area contributed by atoms with E-state index < -0.39 is 17.3 Å². The van der Waals surface area contributed by atoms with Crippen molar-refractivity contribution in [2.45, 2.75) is 24.4 Å². The standard InChI is InChI=1S/C24H21ClF2N4O2S/c1-3-19(32)30-7-6-29(12-13(30)2)23-16-11-17(25)20(15-5-4-14(26)10-18(15)27)22-21(16)31(8-9-34-22)24(33)28-23/h3-5,10-11,13H,1,6-9,12H2,2H3/t13-/m1/s1. The van der Waals surface area contributed by atoms with E-state index in [1.165, 1.54) is 30.0 Å². The lowest BCUT2D eigenvalue weighted by Gasteiger charge is -2.40. The normalized spacial score (nSPS) is 17.8. The lowest BCUT2D eigenvalue weighted by atomic mass is 10.0. The Hall–Kier alpha value is -2.91. The molecule has 0 saturated carbocycles. The van der Waals surface area contributed by atoms with Crippen molar-refractivity contribution in [1.82, 2.24) is 14.5 Å². The number of carbonyl (C=O) groups excluding carboxylic acids is 1. The maximum absolute atomic E-state index is 14.7. The molecule has 10 heteroatoms. The van der Waals surface area contributed by atoms with Gasteiger partial charge in [-0.3, -0.25) is 9.36 Å². The number of aromatic nitrogens is 2. The van der Waals surface area contributed by atoms with Crippen LogP contribution in [0.25, 0.3) is 22.0 Å². The molecule has 3 aromatic rings. The van der Waals surface area contributed by atoms with E-state index in [9.17, 15) is 18.4 Å². The number of halogens is 3. The zero-order valence-corrected chi connectivity index (χ0v) is 19.9. The van der Waals surface area contributed by atoms with Crippen LogP contribution >= 0.6 is 23.4 Å². The summed E-state index contributed by atoms with van der Waals surface area (Å²) in [4.78, 5) is 34.0. The quantitative estimate of drug-likeness (QED) is 0.499. The van der Waals surface area contributed by atoms with Gasteiger partial charge < -0.3 is 9.80 Å². The van der Waals surface area contributed by atoms with Gasteiger partial charge in [0.25, 0.3) is 0 Å². The Balaban J connectivity index is 1.69. The van der Waals surface area contributed by atoms with Crippen molar-refractivity contribution in [3.05, 3.63) is 64.1 Å². The molecule has 2 aromatic carbocycles. The monoisotopic (exact) mass is 502 g/mol. The summed E-state index contributed by atoms with van der Waals surface area (Å²) in [6, 6.07) is 4.98. The van der Waals surface area contributed by atoms with Gasteiger partial charge in [0.1, 0.15) is 17.5 Å². The average molecular weight is 503 g/mol. The number of hydrogen-bond donors (Lipinski definition) is 0. The van der Waals surface area contributed by atoms with Gasteiger partial charge in [-0.1, -0.05) is 18.2 Å². The summed E-state index contributed by atoms with van der Waals surface area (Å²) in [5, 5.41) is 0.984. The molecule has 0 spiro atoms. The van der Waals surface area contributed by atoms with Crippen LogP contribution in [0.5, 0.6) is 0 Å². The van der Waals surface area contributed by atoms with Crippen LogP contribution in [0.1, 0.15) is 6.92 Å². The van der Waals surface area contributed by atoms with Gasteiger partial charge >= 0.3 is 5.69 Å². The third-order valence-electron chi connectivity index (χ3n) is 6.30. The number of nitrogens with zero attached hydrogens (tertiary/aromatic N) is 4. The molecule has 2 aliphatic heterocycles. The van der Waals surface area contributed by atoms with E-state index in [0.29, 0.717) is 64.1 Å². The summed E-state index contributed by atoms with van der Waals surface area (Å²) in [6.07, 6.45) is 1.30. The van der Waals surface area contributed by atoms with Crippen LogP contribution in [0.2, 0.25) is 5.02 Å². The maximum atomic E-state index is 14.7. The van der Waals surface area contributed by atoms with Crippen molar-refractivity contribution in [3.8, 4) is 11.1 Å². The molecule has 34 heavy (non-hydrogen) atoms. The van der Waals surface area contributed by atoms with E-state index in [-0.39, 0.29) is 17.5 Å². The summed E-state index contributed by atoms with van der Waals surface area (Å²) in [5.74, 6) is -0.443. The lowest BCUT2D eigenvalue weighted by Crippen LogP contribution is -2.54. The summed E-state index contributed by atoms with van der Waals surface area (Å²) in [7, 11) is 0. The first kappa shape index (κ1) is 22.9. The molecular weight excluding hydrogens is 482 g/mol. The Morgan fingerprint density at radius 1 is 1.26 bits per heavy atom. The molecule has 176 valence electrons. The van der Waals surface area contributed by atoms with Gasteiger partial charge in [-0.25, -0.2) is 13.6 Å². The molecule has 2 aliphatic rings. The molecule has 1 saturated heterocycles. The molecule has 3 heterocycles. The van der Waals surface area contributed by atoms with Gasteiger partial charge in [0.15, 0.2) is 0 Å². The van der Waals surface area contributed by atoms with Gasteiger partial charge in [-0.2, -0.15) is 4.98 Å². The number of rotatable bonds is 3. The third kappa shape index (κ3) is 3.67. The summed E-state index contributed by atoms with van der Waals surface area (Å²) in [6.45, 7) is 7.40. The number of aryl methyl sites for hydroxylation is 1. The van der Waals surface area contributed by atoms with Crippen molar-refractivity contribution in [3.63, 3.8) is 0 Å². The zero-order valence-electron chi connectivity index (χ0n) is 18.4. The predicted octanol–water partition coefficient (Wildman–Crippen LogP) is 4.32. The number of anilines is 1. The first-order valence-corrected chi connectivity index (χ1v) is 12.2. The second-order valence-electron chi connectivity index (χ2n) is 8.33. The van der Waals surface area contributed by atoms with Crippen LogP contribution in [-0.2, 0) is 11.3 Å². The van der Waals surface area contributed by atoms with Crippen LogP contribution in [0.4, 0.5) is 14.6 Å². The molecule has 0 unspecified atom stereocenters. The fraction of sp³-hybridized carbons (Fsp3) is 0.292. The fourth-order valence-electron chi connectivity index (χ4n) is 4.73. The number of hydrogen-bond acceptors (Lipinski definition) is 5. The van der Waals surface area contributed by atoms with E-state index >= 15 is 0 Å². The first-order chi connectivity index (χ1) is 16.3. The summed E-state index contributed by atoms with van der Waals surface area (Å²) < 4.78 is 29.9. The Bertz CT molecular complexity index is 1410. The number of carbonyl (C=O) groups is 1. The van der Waals surface area contributed by atoms with Crippen molar-refractivity contribution < 1.29 is 13.6 Å². The molecule has 1 amide bonds. The molecule has 0 N–H and O–H groups in total. The van der Waals surface area contributed by atoms with Crippen molar-refractivity contribution in [2.75, 3.05) is 30.3 Å². The van der Waals surface area contributed by atoms with Crippen molar-refractivity contribution in [2.24, 2.45) is 0 Å². The van der Waals surface area contributed by atoms with Crippen LogP contribution in [0, 0.1) is 11.6 Å². The molecule has 0 bridgehead atoms. The summed E-state index contributed by atoms with van der Waals surface area (Å²) in [5.41, 5.74) is 0.873. The van der Waals surface area contributed by atoms with Crippen LogP contribution in [0.15, 0.2) is 46.6 Å². The molecule has 0 radical (unpaired) electrons. The highest BCUT2D eigenvalue weighted by Gasteiger charge is 2.31. The number of benzene rings is 2. The van der Waals surface area contributed by atoms with E-state index in [4.69, 9.17) is 11.6 Å². The first-order valence-electron chi connectivity index (χ1n) is 10.8. The minimum atomic E-state index is -0.719. The molecule has 6 nitrogen and oxygen atoms in total. The topological polar surface area (TPSA) is 58.4 Å². The molecule has 5 rings (SSSR count). The van der Waals surface area contributed by atoms with Gasteiger partial charge in [-0.05, 0) is 31.2 Å². The van der Waals surface area contributed by atoms with E-state index in [1.54, 1.807) is 15.5 Å². The van der Waals surface area contributed by atoms with E-state index in [0.717, 1.165) is 6.07 Å². The largest absolute Gasteiger partial charge is 0.352 e. The van der Waals surface area contributed by atoms with E-state index in [1.807, 2.05) is 11.8 Å². The Morgan fingerprint density at radius 2 is 2.06 bits per heavy atom. The maximum Gasteiger partial charge on any atom is 0.350 e. The Labute approximate surface area is 203 Å². The van der Waals surface area contributed by atoms with Crippen molar-refractivity contribution in [1.29, 1.82) is 0 Å². The van der Waals surface area contributed by atoms with Gasteiger partial charge in [0.05, 0.1) is 10.5 Å². The molecule has 1 fully saturated rings. The van der Waals surface area contributed by atoms with E-state index in [2.05, 4.69) is 11.6 Å². The van der Waals surface area contributed by atoms with Gasteiger partial charge in [-0.15, -0.1) is 11.8 Å². The van der Waals surface area contributed by atoms with Gasteiger partial charge in [0, 0.05) is 65.4 Å². The third-order valence-corrected chi connectivity index (χ3v) is 7.67. The van der Waals surface area contributed by atoms with Crippen molar-refractivity contribution >= 4 is 46.0 Å². The fourth-order valence-corrected chi connectivity index (χ4v) is 6.29. The van der Waals surface area contributed by atoms with Crippen LogP contribution in [-0.4, -0.2) is 51.8 Å². The minimum absolute atomic E-state index is 0.108. The van der Waals surface area contributed by atoms with Crippen LogP contribution < -0.4 is 10.6 Å². The number of thioether (sulfide) groups is 1. The zero-order chi connectivity index (χ0) is 24.1. The number of amides is 1. The molecular formula is C24H21ClF2N4O2S.